The molecule has 0 bridgehead atoms. The molecule has 1 atom stereocenters. The van der Waals surface area contributed by atoms with Gasteiger partial charge in [-0.15, -0.1) is 0 Å². The van der Waals surface area contributed by atoms with Gasteiger partial charge in [-0.25, -0.2) is 17.1 Å². The predicted molar refractivity (Wildman–Crippen MR) is 125 cm³/mol. The molecule has 2 aromatic carbocycles. The van der Waals surface area contributed by atoms with Crippen LogP contribution < -0.4 is 5.32 Å². The molecule has 0 aliphatic rings. The lowest BCUT2D eigenvalue weighted by atomic mass is 10.1. The fourth-order valence-corrected chi connectivity index (χ4v) is 4.72. The van der Waals surface area contributed by atoms with Crippen LogP contribution in [0.15, 0.2) is 59.5 Å². The van der Waals surface area contributed by atoms with Crippen molar-refractivity contribution in [1.29, 1.82) is 0 Å². The third-order valence-corrected chi connectivity index (χ3v) is 7.19. The number of sulfonamides is 1. The Hall–Kier alpha value is -2.78. The van der Waals surface area contributed by atoms with Gasteiger partial charge in [0, 0.05) is 33.1 Å². The summed E-state index contributed by atoms with van der Waals surface area (Å²) in [5, 5.41) is 2.76. The van der Waals surface area contributed by atoms with E-state index in [1.54, 1.807) is 37.3 Å². The highest BCUT2D eigenvalue weighted by molar-refractivity contribution is 7.89. The van der Waals surface area contributed by atoms with Crippen LogP contribution in [0.4, 0.5) is 4.39 Å². The maximum atomic E-state index is 13.3. The topological polar surface area (TPSA) is 86.8 Å². The van der Waals surface area contributed by atoms with Crippen LogP contribution in [0.1, 0.15) is 38.7 Å². The van der Waals surface area contributed by atoms with Gasteiger partial charge in [0.05, 0.1) is 4.90 Å². The van der Waals surface area contributed by atoms with E-state index in [0.29, 0.717) is 24.9 Å². The standard InChI is InChI=1S/C24H32FN3O4S/c1-4-22(24(30)26-5-2)28(18-19-13-15-20(25)16-14-19)23(29)12-9-17-27(3)33(31,32)21-10-7-6-8-11-21/h6-8,10-11,13-16,22H,4-5,9,12,17-18H2,1-3H3,(H,26,30)/t22-/m1/s1. The minimum atomic E-state index is -3.64. The highest BCUT2D eigenvalue weighted by Gasteiger charge is 2.28. The van der Waals surface area contributed by atoms with E-state index in [2.05, 4.69) is 5.32 Å². The number of hydrogen-bond donors (Lipinski definition) is 1. The number of rotatable bonds is 12. The van der Waals surface area contributed by atoms with Crippen molar-refractivity contribution in [2.24, 2.45) is 0 Å². The van der Waals surface area contributed by atoms with Crippen LogP contribution in [0.3, 0.4) is 0 Å². The van der Waals surface area contributed by atoms with Gasteiger partial charge in [0.1, 0.15) is 11.9 Å². The molecule has 7 nitrogen and oxygen atoms in total. The second kappa shape index (κ2) is 12.5. The predicted octanol–water partition coefficient (Wildman–Crippen LogP) is 3.17. The molecule has 180 valence electrons. The van der Waals surface area contributed by atoms with Crippen LogP contribution in [-0.2, 0) is 26.2 Å². The van der Waals surface area contributed by atoms with E-state index in [0.717, 1.165) is 0 Å². The number of halogens is 1. The minimum absolute atomic E-state index is 0.0751. The Kier molecular flexibility index (Phi) is 9.99. The van der Waals surface area contributed by atoms with Crippen LogP contribution in [-0.4, -0.2) is 55.6 Å². The number of benzene rings is 2. The quantitative estimate of drug-likeness (QED) is 0.509. The van der Waals surface area contributed by atoms with E-state index < -0.39 is 16.1 Å². The fourth-order valence-electron chi connectivity index (χ4n) is 3.49. The number of likely N-dealkylation sites (N-methyl/N-ethyl adjacent to an activating group) is 1. The van der Waals surface area contributed by atoms with E-state index in [4.69, 9.17) is 0 Å². The lowest BCUT2D eigenvalue weighted by Gasteiger charge is -2.31. The van der Waals surface area contributed by atoms with Crippen molar-refractivity contribution in [2.75, 3.05) is 20.1 Å². The van der Waals surface area contributed by atoms with Crippen LogP contribution in [0.2, 0.25) is 0 Å². The van der Waals surface area contributed by atoms with Crippen LogP contribution in [0, 0.1) is 5.82 Å². The number of hydrogen-bond acceptors (Lipinski definition) is 4. The van der Waals surface area contributed by atoms with E-state index in [-0.39, 0.29) is 42.0 Å². The van der Waals surface area contributed by atoms with Crippen LogP contribution in [0.25, 0.3) is 0 Å². The molecule has 0 fully saturated rings. The first kappa shape index (κ1) is 26.5. The Labute approximate surface area is 195 Å². The largest absolute Gasteiger partial charge is 0.355 e. The Bertz CT molecular complexity index is 1010. The lowest BCUT2D eigenvalue weighted by molar-refractivity contribution is -0.141. The van der Waals surface area contributed by atoms with Crippen LogP contribution in [0.5, 0.6) is 0 Å². The van der Waals surface area contributed by atoms with Crippen molar-refractivity contribution in [3.05, 3.63) is 66.0 Å². The van der Waals surface area contributed by atoms with Crippen molar-refractivity contribution < 1.29 is 22.4 Å². The SMILES string of the molecule is CCNC(=O)[C@@H](CC)N(Cc1ccc(F)cc1)C(=O)CCCN(C)S(=O)(=O)c1ccccc1. The summed E-state index contributed by atoms with van der Waals surface area (Å²) in [5.74, 6) is -0.891. The Morgan fingerprint density at radius 2 is 1.67 bits per heavy atom. The van der Waals surface area contributed by atoms with Crippen molar-refractivity contribution >= 4 is 21.8 Å². The first-order valence-corrected chi connectivity index (χ1v) is 12.5. The lowest BCUT2D eigenvalue weighted by Crippen LogP contribution is -2.49. The zero-order valence-electron chi connectivity index (χ0n) is 19.3. The summed E-state index contributed by atoms with van der Waals surface area (Å²) in [6.07, 6.45) is 0.792. The van der Waals surface area contributed by atoms with Gasteiger partial charge >= 0.3 is 0 Å². The van der Waals surface area contributed by atoms with E-state index >= 15 is 0 Å². The third kappa shape index (κ3) is 7.36. The number of nitrogens with zero attached hydrogens (tertiary/aromatic N) is 2. The molecular weight excluding hydrogens is 445 g/mol. The van der Waals surface area contributed by atoms with Crippen molar-refractivity contribution in [3.63, 3.8) is 0 Å². The van der Waals surface area contributed by atoms with E-state index in [9.17, 15) is 22.4 Å². The minimum Gasteiger partial charge on any atom is -0.355 e. The van der Waals surface area contributed by atoms with E-state index in [1.807, 2.05) is 6.92 Å². The average Bonchev–Trinajstić information content (AvgIpc) is 2.80. The average molecular weight is 478 g/mol. The van der Waals surface area contributed by atoms with E-state index in [1.165, 1.54) is 40.5 Å². The zero-order chi connectivity index (χ0) is 24.4. The van der Waals surface area contributed by atoms with Crippen molar-refractivity contribution in [3.8, 4) is 0 Å². The molecule has 0 unspecified atom stereocenters. The number of nitrogens with one attached hydrogen (secondary N) is 1. The molecule has 0 aliphatic heterocycles. The maximum Gasteiger partial charge on any atom is 0.242 e. The first-order valence-electron chi connectivity index (χ1n) is 11.0. The van der Waals surface area contributed by atoms with Gasteiger partial charge in [-0.3, -0.25) is 9.59 Å². The summed E-state index contributed by atoms with van der Waals surface area (Å²) in [7, 11) is -2.16. The summed E-state index contributed by atoms with van der Waals surface area (Å²) < 4.78 is 39.9. The molecule has 9 heteroatoms. The highest BCUT2D eigenvalue weighted by Crippen LogP contribution is 2.17. The molecule has 1 N–H and O–H groups in total. The Morgan fingerprint density at radius 3 is 2.24 bits per heavy atom. The molecule has 0 aliphatic carbocycles. The van der Waals surface area contributed by atoms with Gasteiger partial charge in [-0.05, 0) is 49.6 Å². The normalized spacial score (nSPS) is 12.4. The fraction of sp³-hybridized carbons (Fsp3) is 0.417. The molecule has 0 aromatic heterocycles. The van der Waals surface area contributed by atoms with Gasteiger partial charge in [0.25, 0.3) is 0 Å². The summed E-state index contributed by atoms with van der Waals surface area (Å²) >= 11 is 0. The molecule has 2 amide bonds. The molecule has 0 saturated carbocycles. The van der Waals surface area contributed by atoms with Crippen molar-refractivity contribution in [2.45, 2.75) is 50.6 Å². The van der Waals surface area contributed by atoms with Crippen LogP contribution >= 0.6 is 0 Å². The Morgan fingerprint density at radius 1 is 1.03 bits per heavy atom. The number of amides is 2. The molecular formula is C24H32FN3O4S. The summed E-state index contributed by atoms with van der Waals surface area (Å²) in [4.78, 5) is 27.4. The highest BCUT2D eigenvalue weighted by atomic mass is 32.2. The van der Waals surface area contributed by atoms with Crippen molar-refractivity contribution in [1.82, 2.24) is 14.5 Å². The summed E-state index contributed by atoms with van der Waals surface area (Å²) in [5.41, 5.74) is 0.705. The van der Waals surface area contributed by atoms with Gasteiger partial charge in [-0.2, -0.15) is 0 Å². The monoisotopic (exact) mass is 477 g/mol. The number of carbonyl (C=O) groups is 2. The second-order valence-corrected chi connectivity index (χ2v) is 9.75. The number of carbonyl (C=O) groups excluding carboxylic acids is 2. The first-order chi connectivity index (χ1) is 15.7. The molecule has 0 radical (unpaired) electrons. The third-order valence-electron chi connectivity index (χ3n) is 5.32. The van der Waals surface area contributed by atoms with Gasteiger partial charge < -0.3 is 10.2 Å². The summed E-state index contributed by atoms with van der Waals surface area (Å²) in [6.45, 7) is 4.39. The van der Waals surface area contributed by atoms with Gasteiger partial charge in [0.15, 0.2) is 0 Å². The summed E-state index contributed by atoms with van der Waals surface area (Å²) in [6, 6.07) is 13.2. The molecule has 0 saturated heterocycles. The smallest absolute Gasteiger partial charge is 0.242 e. The maximum absolute atomic E-state index is 13.3. The molecule has 33 heavy (non-hydrogen) atoms. The molecule has 0 heterocycles. The van der Waals surface area contributed by atoms with Gasteiger partial charge in [-0.1, -0.05) is 37.3 Å². The molecule has 2 rings (SSSR count). The second-order valence-electron chi connectivity index (χ2n) is 7.71. The zero-order valence-corrected chi connectivity index (χ0v) is 20.1. The van der Waals surface area contributed by atoms with Gasteiger partial charge in [0.2, 0.25) is 21.8 Å². The Balaban J connectivity index is 2.10. The molecule has 0 spiro atoms. The molecule has 2 aromatic rings.